The van der Waals surface area contributed by atoms with Crippen molar-refractivity contribution in [1.82, 2.24) is 4.83 Å². The third kappa shape index (κ3) is 7.39. The Kier molecular flexibility index (Phi) is 7.03. The number of hydrazine groups is 1. The molecule has 0 bridgehead atoms. The summed E-state index contributed by atoms with van der Waals surface area (Å²) in [6, 6.07) is 15.6. The number of hydrogen-bond acceptors (Lipinski definition) is 5. The quantitative estimate of drug-likeness (QED) is 0.441. The number of para-hydroxylation sites is 1. The van der Waals surface area contributed by atoms with E-state index < -0.39 is 10.3 Å². The molecule has 0 spiro atoms. The molecule has 0 unspecified atom stereocenters. The first-order valence-corrected chi connectivity index (χ1v) is 7.53. The number of hydrogen-bond donors (Lipinski definition) is 3. The molecule has 0 saturated heterocycles. The van der Waals surface area contributed by atoms with Crippen LogP contribution in [0.4, 0.5) is 5.69 Å². The van der Waals surface area contributed by atoms with Crippen LogP contribution in [0.3, 0.4) is 0 Å². The van der Waals surface area contributed by atoms with Crippen molar-refractivity contribution in [2.75, 3.05) is 12.5 Å². The monoisotopic (exact) mass is 324 g/mol. The van der Waals surface area contributed by atoms with E-state index in [1.54, 1.807) is 66.5 Å². The van der Waals surface area contributed by atoms with Crippen molar-refractivity contribution in [2.24, 2.45) is 0 Å². The van der Waals surface area contributed by atoms with E-state index in [4.69, 9.17) is 9.29 Å². The molecule has 0 aliphatic heterocycles. The van der Waals surface area contributed by atoms with Crippen LogP contribution < -0.4 is 15.0 Å². The van der Waals surface area contributed by atoms with E-state index >= 15 is 0 Å². The smallest absolute Gasteiger partial charge is 0.350 e. The van der Waals surface area contributed by atoms with E-state index in [9.17, 15) is 13.2 Å². The lowest BCUT2D eigenvalue weighted by molar-refractivity contribution is 0.112. The van der Waals surface area contributed by atoms with Crippen molar-refractivity contribution < 1.29 is 22.5 Å². The molecule has 0 aliphatic carbocycles. The highest BCUT2D eigenvalue weighted by Gasteiger charge is 1.99. The summed E-state index contributed by atoms with van der Waals surface area (Å²) in [4.78, 5) is 11.9. The topological polar surface area (TPSA) is 105 Å². The van der Waals surface area contributed by atoms with Gasteiger partial charge in [-0.15, -0.1) is 4.83 Å². The molecule has 0 amide bonds. The van der Waals surface area contributed by atoms with Gasteiger partial charge in [0.2, 0.25) is 0 Å². The number of anilines is 1. The van der Waals surface area contributed by atoms with Crippen LogP contribution in [-0.4, -0.2) is 26.4 Å². The molecular weight excluding hydrogens is 308 g/mol. The lowest BCUT2D eigenvalue weighted by atomic mass is 10.2. The van der Waals surface area contributed by atoms with Gasteiger partial charge in [0.25, 0.3) is 0 Å². The summed E-state index contributed by atoms with van der Waals surface area (Å²) in [5.74, 6) is 0.713. The van der Waals surface area contributed by atoms with Crippen molar-refractivity contribution in [3.8, 4) is 5.75 Å². The molecule has 118 valence electrons. The maximum absolute atomic E-state index is 10.2. The zero-order valence-corrected chi connectivity index (χ0v) is 12.6. The molecule has 2 aromatic rings. The summed E-state index contributed by atoms with van der Waals surface area (Å²) in [6.07, 6.45) is 0.794. The van der Waals surface area contributed by atoms with Crippen molar-refractivity contribution in [3.63, 3.8) is 0 Å². The fourth-order valence-corrected chi connectivity index (χ4v) is 1.61. The van der Waals surface area contributed by atoms with Gasteiger partial charge in [0.1, 0.15) is 12.0 Å². The Hall–Kier alpha value is -2.42. The Labute approximate surface area is 128 Å². The molecule has 2 rings (SSSR count). The van der Waals surface area contributed by atoms with E-state index in [0.717, 1.165) is 6.29 Å². The highest BCUT2D eigenvalue weighted by atomic mass is 32.2. The number of carbonyl (C=O) groups is 1. The molecule has 0 radical (unpaired) electrons. The molecule has 22 heavy (non-hydrogen) atoms. The predicted molar refractivity (Wildman–Crippen MR) is 83.1 cm³/mol. The van der Waals surface area contributed by atoms with Gasteiger partial charge in [0.15, 0.2) is 0 Å². The first-order chi connectivity index (χ1) is 10.4. The first-order valence-electron chi connectivity index (χ1n) is 6.09. The number of rotatable bonds is 5. The molecular formula is C14H16N2O5S. The second-order valence-corrected chi connectivity index (χ2v) is 5.12. The molecule has 3 N–H and O–H groups in total. The summed E-state index contributed by atoms with van der Waals surface area (Å²) in [7, 11) is -2.61. The van der Waals surface area contributed by atoms with Gasteiger partial charge in [0, 0.05) is 11.3 Å². The molecule has 0 fully saturated rings. The first kappa shape index (κ1) is 17.6. The number of carbonyl (C=O) groups excluding carboxylic acids is 1. The van der Waals surface area contributed by atoms with Crippen molar-refractivity contribution >= 4 is 22.3 Å². The van der Waals surface area contributed by atoms with Crippen molar-refractivity contribution in [2.45, 2.75) is 0 Å². The highest BCUT2D eigenvalue weighted by Crippen LogP contribution is 2.10. The Morgan fingerprint density at radius 1 is 1.09 bits per heavy atom. The largest absolute Gasteiger partial charge is 0.497 e. The average molecular weight is 324 g/mol. The average Bonchev–Trinajstić information content (AvgIpc) is 2.54. The van der Waals surface area contributed by atoms with E-state index in [-0.39, 0.29) is 0 Å². The van der Waals surface area contributed by atoms with Gasteiger partial charge in [-0.1, -0.05) is 30.3 Å². The fraction of sp³-hybridized carbons (Fsp3) is 0.0714. The van der Waals surface area contributed by atoms with Gasteiger partial charge < -0.3 is 10.2 Å². The number of aldehydes is 1. The van der Waals surface area contributed by atoms with Gasteiger partial charge in [-0.2, -0.15) is 8.42 Å². The van der Waals surface area contributed by atoms with Crippen LogP contribution in [0.2, 0.25) is 0 Å². The van der Waals surface area contributed by atoms with Crippen LogP contribution in [0.15, 0.2) is 54.6 Å². The maximum Gasteiger partial charge on any atom is 0.350 e. The van der Waals surface area contributed by atoms with Gasteiger partial charge in [0.05, 0.1) is 7.11 Å². The number of methoxy groups -OCH3 is 1. The van der Waals surface area contributed by atoms with Gasteiger partial charge in [-0.3, -0.25) is 9.35 Å². The number of nitrogens with one attached hydrogen (secondary N) is 2. The minimum Gasteiger partial charge on any atom is -0.497 e. The van der Waals surface area contributed by atoms with E-state index in [1.807, 2.05) is 0 Å². The molecule has 0 heterocycles. The van der Waals surface area contributed by atoms with E-state index in [2.05, 4.69) is 5.43 Å². The van der Waals surface area contributed by atoms with Crippen molar-refractivity contribution in [3.05, 3.63) is 60.2 Å². The lowest BCUT2D eigenvalue weighted by Crippen LogP contribution is -2.28. The van der Waals surface area contributed by atoms with Crippen molar-refractivity contribution in [1.29, 1.82) is 0 Å². The van der Waals surface area contributed by atoms with Gasteiger partial charge in [-0.05, 0) is 24.3 Å². The molecule has 0 aliphatic rings. The third-order valence-corrected chi connectivity index (χ3v) is 2.69. The van der Waals surface area contributed by atoms with Gasteiger partial charge in [-0.25, -0.2) is 0 Å². The summed E-state index contributed by atoms with van der Waals surface area (Å²) in [5.41, 5.74) is 3.49. The fourth-order valence-electron chi connectivity index (χ4n) is 1.36. The second-order valence-electron chi connectivity index (χ2n) is 3.96. The van der Waals surface area contributed by atoms with Crippen LogP contribution in [0.1, 0.15) is 10.4 Å². The maximum atomic E-state index is 10.2. The Morgan fingerprint density at radius 3 is 2.32 bits per heavy atom. The minimum absolute atomic E-state index is 0.551. The van der Waals surface area contributed by atoms with E-state index in [1.165, 1.54) is 0 Å². The summed E-state index contributed by atoms with van der Waals surface area (Å²) < 4.78 is 33.5. The zero-order chi connectivity index (χ0) is 16.4. The Morgan fingerprint density at radius 2 is 1.77 bits per heavy atom. The van der Waals surface area contributed by atoms with Crippen LogP contribution in [-0.2, 0) is 10.3 Å². The van der Waals surface area contributed by atoms with Crippen LogP contribution in [0.25, 0.3) is 0 Å². The van der Waals surface area contributed by atoms with Crippen LogP contribution in [0.5, 0.6) is 5.75 Å². The van der Waals surface area contributed by atoms with Crippen LogP contribution in [0, 0.1) is 0 Å². The van der Waals surface area contributed by atoms with E-state index in [0.29, 0.717) is 17.0 Å². The van der Waals surface area contributed by atoms with Gasteiger partial charge >= 0.3 is 10.3 Å². The summed E-state index contributed by atoms with van der Waals surface area (Å²) in [6.45, 7) is 0. The lowest BCUT2D eigenvalue weighted by Gasteiger charge is -2.03. The predicted octanol–water partition coefficient (Wildman–Crippen LogP) is 1.91. The minimum atomic E-state index is -4.18. The Balaban J connectivity index is 0.000000224. The highest BCUT2D eigenvalue weighted by molar-refractivity contribution is 7.83. The molecule has 7 nitrogen and oxygen atoms in total. The molecule has 2 aromatic carbocycles. The normalized spacial score (nSPS) is 10.1. The number of ether oxygens (including phenoxy) is 1. The second kappa shape index (κ2) is 8.78. The zero-order valence-electron chi connectivity index (χ0n) is 11.8. The summed E-state index contributed by atoms with van der Waals surface area (Å²) >= 11 is 0. The molecule has 0 saturated carbocycles. The number of benzene rings is 2. The molecule has 8 heteroatoms. The standard InChI is InChI=1S/C8H8O2.C6H8N2O3S/c1-10-8-4-2-3-7(5-8)6-9;9-12(10,11)8-7-6-4-2-1-3-5-6/h2-6H,1H3;1-5,7-8H,(H,9,10,11). The summed E-state index contributed by atoms with van der Waals surface area (Å²) in [5, 5.41) is 0. The third-order valence-electron chi connectivity index (χ3n) is 2.33. The molecule has 0 atom stereocenters. The SMILES string of the molecule is COc1cccc(C=O)c1.O=S(=O)(O)NNc1ccccc1. The molecule has 0 aromatic heterocycles. The Bertz CT molecular complexity index is 689. The van der Waals surface area contributed by atoms with Crippen LogP contribution >= 0.6 is 0 Å².